The summed E-state index contributed by atoms with van der Waals surface area (Å²) in [7, 11) is 0. The minimum Gasteiger partial charge on any atom is -0.493 e. The minimum atomic E-state index is -0.280. The maximum atomic E-state index is 11.1. The van der Waals surface area contributed by atoms with Crippen molar-refractivity contribution in [3.05, 3.63) is 29.8 Å². The van der Waals surface area contributed by atoms with Crippen LogP contribution in [0.25, 0.3) is 0 Å². The highest BCUT2D eigenvalue weighted by Gasteiger charge is 2.02. The highest BCUT2D eigenvalue weighted by Crippen LogP contribution is 2.12. The van der Waals surface area contributed by atoms with Gasteiger partial charge in [0.25, 0.3) is 0 Å². The lowest BCUT2D eigenvalue weighted by molar-refractivity contribution is -0.143. The van der Waals surface area contributed by atoms with E-state index in [0.29, 0.717) is 12.4 Å². The maximum Gasteiger partial charge on any atom is 0.309 e. The van der Waals surface area contributed by atoms with E-state index in [-0.39, 0.29) is 25.0 Å². The van der Waals surface area contributed by atoms with Gasteiger partial charge in [0, 0.05) is 0 Å². The zero-order valence-corrected chi connectivity index (χ0v) is 11.3. The molecule has 0 aliphatic rings. The van der Waals surface area contributed by atoms with Crippen LogP contribution in [0.15, 0.2) is 34.5 Å². The summed E-state index contributed by atoms with van der Waals surface area (Å²) in [6.45, 7) is 2.39. The van der Waals surface area contributed by atoms with Crippen LogP contribution in [0, 0.1) is 0 Å². The van der Waals surface area contributed by atoms with Gasteiger partial charge in [0.1, 0.15) is 5.75 Å². The van der Waals surface area contributed by atoms with Crippen LogP contribution in [0.1, 0.15) is 18.9 Å². The Bertz CT molecular complexity index is 496. The highest BCUT2D eigenvalue weighted by atomic mass is 16.5. The topological polar surface area (TPSA) is 112 Å². The monoisotopic (exact) mass is 278 g/mol. The van der Waals surface area contributed by atoms with Crippen LogP contribution in [0.2, 0.25) is 0 Å². The van der Waals surface area contributed by atoms with E-state index >= 15 is 0 Å². The zero-order valence-electron chi connectivity index (χ0n) is 11.3. The van der Waals surface area contributed by atoms with Crippen molar-refractivity contribution in [1.29, 1.82) is 0 Å². The summed E-state index contributed by atoms with van der Waals surface area (Å²) in [5.41, 5.74) is 11.1. The molecular formula is C13H18N4O3. The largest absolute Gasteiger partial charge is 0.493 e. The van der Waals surface area contributed by atoms with Crippen molar-refractivity contribution >= 4 is 18.1 Å². The van der Waals surface area contributed by atoms with E-state index in [1.165, 1.54) is 6.21 Å². The number of carbonyl (C=O) groups is 1. The van der Waals surface area contributed by atoms with Gasteiger partial charge in [-0.15, -0.1) is 5.10 Å². The minimum absolute atomic E-state index is 0.108. The summed E-state index contributed by atoms with van der Waals surface area (Å²) in [6.07, 6.45) is 1.71. The van der Waals surface area contributed by atoms with Gasteiger partial charge in [0.15, 0.2) is 0 Å². The number of hydrogen-bond donors (Lipinski definition) is 2. The number of benzene rings is 1. The van der Waals surface area contributed by atoms with Crippen molar-refractivity contribution in [3.63, 3.8) is 0 Å². The molecule has 20 heavy (non-hydrogen) atoms. The number of rotatable bonds is 7. The first-order chi connectivity index (χ1) is 9.61. The number of nitrogens with two attached hydrogens (primary N) is 2. The SMILES string of the molecule is CCOC(=O)CCOc1cccc(C=NN=C(N)N)c1. The first-order valence-electron chi connectivity index (χ1n) is 6.12. The first kappa shape index (κ1) is 15.5. The number of hydrogen-bond acceptors (Lipinski definition) is 5. The van der Waals surface area contributed by atoms with Crippen LogP contribution in [-0.2, 0) is 9.53 Å². The van der Waals surface area contributed by atoms with E-state index < -0.39 is 0 Å². The van der Waals surface area contributed by atoms with Gasteiger partial charge in [-0.3, -0.25) is 4.79 Å². The molecular weight excluding hydrogens is 260 g/mol. The third kappa shape index (κ3) is 6.39. The second-order valence-corrected chi connectivity index (χ2v) is 3.75. The quantitative estimate of drug-likeness (QED) is 0.329. The number of esters is 1. The number of ether oxygens (including phenoxy) is 2. The molecule has 0 unspecified atom stereocenters. The van der Waals surface area contributed by atoms with Crippen LogP contribution in [0.3, 0.4) is 0 Å². The Balaban J connectivity index is 2.49. The van der Waals surface area contributed by atoms with Gasteiger partial charge < -0.3 is 20.9 Å². The van der Waals surface area contributed by atoms with Crippen molar-refractivity contribution in [2.45, 2.75) is 13.3 Å². The molecule has 0 aliphatic carbocycles. The molecule has 0 bridgehead atoms. The van der Waals surface area contributed by atoms with Crippen LogP contribution in [0.5, 0.6) is 5.75 Å². The van der Waals surface area contributed by atoms with Crippen molar-refractivity contribution in [2.75, 3.05) is 13.2 Å². The lowest BCUT2D eigenvalue weighted by atomic mass is 10.2. The fraction of sp³-hybridized carbons (Fsp3) is 0.308. The predicted octanol–water partition coefficient (Wildman–Crippen LogP) is 0.626. The summed E-state index contributed by atoms with van der Waals surface area (Å²) in [5, 5.41) is 7.19. The molecule has 1 aromatic rings. The molecule has 0 amide bonds. The van der Waals surface area contributed by atoms with Crippen LogP contribution >= 0.6 is 0 Å². The molecule has 0 spiro atoms. The second kappa shape index (κ2) is 8.52. The molecule has 1 rings (SSSR count). The van der Waals surface area contributed by atoms with Crippen molar-refractivity contribution in [1.82, 2.24) is 0 Å². The highest BCUT2D eigenvalue weighted by molar-refractivity contribution is 5.82. The average Bonchev–Trinajstić information content (AvgIpc) is 2.39. The van der Waals surface area contributed by atoms with Crippen LogP contribution in [-0.4, -0.2) is 31.4 Å². The molecule has 1 aromatic carbocycles. The molecule has 0 saturated heterocycles. The Labute approximate surface area is 117 Å². The van der Waals surface area contributed by atoms with Crippen LogP contribution in [0.4, 0.5) is 0 Å². The Morgan fingerprint density at radius 1 is 1.40 bits per heavy atom. The first-order valence-corrected chi connectivity index (χ1v) is 6.12. The lowest BCUT2D eigenvalue weighted by Crippen LogP contribution is -2.21. The van der Waals surface area contributed by atoms with Crippen molar-refractivity contribution < 1.29 is 14.3 Å². The molecule has 0 fully saturated rings. The van der Waals surface area contributed by atoms with Gasteiger partial charge >= 0.3 is 5.97 Å². The fourth-order valence-electron chi connectivity index (χ4n) is 1.33. The van der Waals surface area contributed by atoms with E-state index in [1.54, 1.807) is 25.1 Å². The standard InChI is InChI=1S/C13H18N4O3/c1-2-19-12(18)6-7-20-11-5-3-4-10(8-11)9-16-17-13(14)15/h3-5,8-9H,2,6-7H2,1H3,(H4,14,15,17). The number of nitrogens with zero attached hydrogens (tertiary/aromatic N) is 2. The third-order valence-corrected chi connectivity index (χ3v) is 2.12. The molecule has 0 atom stereocenters. The number of guanidine groups is 1. The maximum absolute atomic E-state index is 11.1. The van der Waals surface area contributed by atoms with Gasteiger partial charge in [-0.2, -0.15) is 5.10 Å². The van der Waals surface area contributed by atoms with Crippen molar-refractivity contribution in [3.8, 4) is 5.75 Å². The second-order valence-electron chi connectivity index (χ2n) is 3.75. The van der Waals surface area contributed by atoms with Gasteiger partial charge in [0.2, 0.25) is 5.96 Å². The lowest BCUT2D eigenvalue weighted by Gasteiger charge is -2.06. The fourth-order valence-corrected chi connectivity index (χ4v) is 1.33. The normalized spacial score (nSPS) is 10.2. The van der Waals surface area contributed by atoms with Gasteiger partial charge in [0.05, 0.1) is 25.8 Å². The number of carbonyl (C=O) groups excluding carboxylic acids is 1. The van der Waals surface area contributed by atoms with E-state index in [1.807, 2.05) is 6.07 Å². The molecule has 108 valence electrons. The Kier molecular flexibility index (Phi) is 6.60. The molecule has 0 heterocycles. The Hall–Kier alpha value is -2.57. The smallest absolute Gasteiger partial charge is 0.309 e. The summed E-state index contributed by atoms with van der Waals surface area (Å²) in [5.74, 6) is 0.240. The molecule has 4 N–H and O–H groups in total. The summed E-state index contributed by atoms with van der Waals surface area (Å²) in [4.78, 5) is 11.1. The van der Waals surface area contributed by atoms with Gasteiger partial charge in [-0.25, -0.2) is 0 Å². The zero-order chi connectivity index (χ0) is 14.8. The van der Waals surface area contributed by atoms with Gasteiger partial charge in [-0.05, 0) is 24.6 Å². The summed E-state index contributed by atoms with van der Waals surface area (Å²) < 4.78 is 10.2. The van der Waals surface area contributed by atoms with Gasteiger partial charge in [-0.1, -0.05) is 12.1 Å². The molecule has 0 aromatic heterocycles. The van der Waals surface area contributed by atoms with Crippen LogP contribution < -0.4 is 16.2 Å². The molecule has 7 heteroatoms. The van der Waals surface area contributed by atoms with E-state index in [9.17, 15) is 4.79 Å². The molecule has 0 radical (unpaired) electrons. The van der Waals surface area contributed by atoms with E-state index in [2.05, 4.69) is 10.2 Å². The molecule has 7 nitrogen and oxygen atoms in total. The third-order valence-electron chi connectivity index (χ3n) is 2.12. The molecule has 0 saturated carbocycles. The van der Waals surface area contributed by atoms with E-state index in [4.69, 9.17) is 20.9 Å². The summed E-state index contributed by atoms with van der Waals surface area (Å²) in [6, 6.07) is 7.17. The van der Waals surface area contributed by atoms with E-state index in [0.717, 1.165) is 5.56 Å². The van der Waals surface area contributed by atoms with Crippen molar-refractivity contribution in [2.24, 2.45) is 21.7 Å². The average molecular weight is 278 g/mol. The molecule has 0 aliphatic heterocycles. The summed E-state index contributed by atoms with van der Waals surface area (Å²) >= 11 is 0. The Morgan fingerprint density at radius 3 is 2.90 bits per heavy atom. The Morgan fingerprint density at radius 2 is 2.20 bits per heavy atom. The predicted molar refractivity (Wildman–Crippen MR) is 76.6 cm³/mol.